The maximum Gasteiger partial charge on any atom is 0.268 e. The fraction of sp³-hybridized carbons (Fsp3) is 0.444. The molecule has 0 fully saturated rings. The highest BCUT2D eigenvalue weighted by Gasteiger charge is 2.39. The minimum atomic E-state index is -0.197. The SMILES string of the molecule is COc1ccc(C2=C(SC(C)C)C(=O)N(CC(C)C)C2=O)cc1. The highest BCUT2D eigenvalue weighted by molar-refractivity contribution is 8.04. The quantitative estimate of drug-likeness (QED) is 0.747. The van der Waals surface area contributed by atoms with Crippen molar-refractivity contribution in [1.29, 1.82) is 0 Å². The zero-order valence-corrected chi connectivity index (χ0v) is 15.1. The van der Waals surface area contributed by atoms with Crippen LogP contribution in [-0.2, 0) is 9.59 Å². The number of methoxy groups -OCH3 is 1. The summed E-state index contributed by atoms with van der Waals surface area (Å²) >= 11 is 1.45. The second kappa shape index (κ2) is 7.21. The zero-order valence-electron chi connectivity index (χ0n) is 14.3. The maximum atomic E-state index is 12.8. The molecule has 0 saturated heterocycles. The van der Waals surface area contributed by atoms with Gasteiger partial charge in [0.15, 0.2) is 0 Å². The van der Waals surface area contributed by atoms with Crippen LogP contribution < -0.4 is 4.74 Å². The van der Waals surface area contributed by atoms with Crippen LogP contribution in [0.25, 0.3) is 5.57 Å². The Labute approximate surface area is 141 Å². The molecular weight excluding hydrogens is 310 g/mol. The Hall–Kier alpha value is -1.75. The molecular formula is C18H23NO3S. The third kappa shape index (κ3) is 3.78. The first-order valence-electron chi connectivity index (χ1n) is 7.76. The molecule has 23 heavy (non-hydrogen) atoms. The number of carbonyl (C=O) groups excluding carboxylic acids is 2. The third-order valence-electron chi connectivity index (χ3n) is 3.41. The molecule has 4 nitrogen and oxygen atoms in total. The van der Waals surface area contributed by atoms with E-state index in [0.717, 1.165) is 11.3 Å². The van der Waals surface area contributed by atoms with Crippen LogP contribution in [-0.4, -0.2) is 35.6 Å². The van der Waals surface area contributed by atoms with E-state index in [4.69, 9.17) is 4.74 Å². The first-order valence-corrected chi connectivity index (χ1v) is 8.64. The largest absolute Gasteiger partial charge is 0.497 e. The van der Waals surface area contributed by atoms with E-state index >= 15 is 0 Å². The molecule has 1 heterocycles. The van der Waals surface area contributed by atoms with Crippen LogP contribution in [0.15, 0.2) is 29.2 Å². The van der Waals surface area contributed by atoms with Crippen molar-refractivity contribution in [3.63, 3.8) is 0 Å². The van der Waals surface area contributed by atoms with Crippen molar-refractivity contribution in [2.24, 2.45) is 5.92 Å². The number of hydrogen-bond acceptors (Lipinski definition) is 4. The van der Waals surface area contributed by atoms with Crippen molar-refractivity contribution in [3.8, 4) is 5.75 Å². The van der Waals surface area contributed by atoms with Crippen molar-refractivity contribution in [1.82, 2.24) is 4.90 Å². The Morgan fingerprint density at radius 1 is 1.04 bits per heavy atom. The Bertz CT molecular complexity index is 632. The third-order valence-corrected chi connectivity index (χ3v) is 4.49. The number of amides is 2. The molecule has 5 heteroatoms. The minimum Gasteiger partial charge on any atom is -0.497 e. The smallest absolute Gasteiger partial charge is 0.268 e. The van der Waals surface area contributed by atoms with Gasteiger partial charge in [-0.2, -0.15) is 0 Å². The number of benzene rings is 1. The van der Waals surface area contributed by atoms with Gasteiger partial charge in [0.2, 0.25) is 0 Å². The van der Waals surface area contributed by atoms with Crippen LogP contribution in [0.1, 0.15) is 33.3 Å². The van der Waals surface area contributed by atoms with Gasteiger partial charge < -0.3 is 4.74 Å². The fourth-order valence-electron chi connectivity index (χ4n) is 2.44. The van der Waals surface area contributed by atoms with Gasteiger partial charge in [-0.1, -0.05) is 39.8 Å². The summed E-state index contributed by atoms with van der Waals surface area (Å²) in [5.41, 5.74) is 1.27. The molecule has 0 spiro atoms. The van der Waals surface area contributed by atoms with Gasteiger partial charge in [0.05, 0.1) is 17.6 Å². The molecule has 1 aliphatic rings. The van der Waals surface area contributed by atoms with Gasteiger partial charge in [-0.15, -0.1) is 11.8 Å². The van der Waals surface area contributed by atoms with Crippen molar-refractivity contribution in [3.05, 3.63) is 34.7 Å². The summed E-state index contributed by atoms with van der Waals surface area (Å²) in [7, 11) is 1.60. The molecule has 0 radical (unpaired) electrons. The minimum absolute atomic E-state index is 0.173. The van der Waals surface area contributed by atoms with Crippen LogP contribution in [0.5, 0.6) is 5.75 Å². The monoisotopic (exact) mass is 333 g/mol. The number of nitrogens with zero attached hydrogens (tertiary/aromatic N) is 1. The van der Waals surface area contributed by atoms with Crippen LogP contribution in [0, 0.1) is 5.92 Å². The van der Waals surface area contributed by atoms with Gasteiger partial charge in [0.25, 0.3) is 11.8 Å². The number of ether oxygens (including phenoxy) is 1. The summed E-state index contributed by atoms with van der Waals surface area (Å²) < 4.78 is 5.16. The van der Waals surface area contributed by atoms with E-state index in [-0.39, 0.29) is 23.0 Å². The van der Waals surface area contributed by atoms with E-state index < -0.39 is 0 Å². The Balaban J connectivity index is 2.45. The Kier molecular flexibility index (Phi) is 5.52. The zero-order chi connectivity index (χ0) is 17.1. The molecule has 1 aliphatic heterocycles. The average Bonchev–Trinajstić information content (AvgIpc) is 2.71. The number of hydrogen-bond donors (Lipinski definition) is 0. The van der Waals surface area contributed by atoms with Crippen molar-refractivity contribution < 1.29 is 14.3 Å². The van der Waals surface area contributed by atoms with E-state index in [1.165, 1.54) is 16.7 Å². The normalized spacial score (nSPS) is 15.3. The Morgan fingerprint density at radius 3 is 2.13 bits per heavy atom. The van der Waals surface area contributed by atoms with Crippen LogP contribution >= 0.6 is 11.8 Å². The molecule has 1 aromatic rings. The topological polar surface area (TPSA) is 46.6 Å². The summed E-state index contributed by atoms with van der Waals surface area (Å²) in [6.45, 7) is 8.49. The number of rotatable bonds is 6. The number of imide groups is 1. The van der Waals surface area contributed by atoms with Gasteiger partial charge in [0.1, 0.15) is 5.75 Å². The van der Waals surface area contributed by atoms with E-state index in [0.29, 0.717) is 17.0 Å². The molecule has 0 N–H and O–H groups in total. The van der Waals surface area contributed by atoms with E-state index in [2.05, 4.69) is 0 Å². The molecule has 1 aromatic carbocycles. The summed E-state index contributed by atoms with van der Waals surface area (Å²) in [5, 5.41) is 0.231. The van der Waals surface area contributed by atoms with Crippen LogP contribution in [0.3, 0.4) is 0 Å². The second-order valence-electron chi connectivity index (χ2n) is 6.21. The molecule has 0 aromatic heterocycles. The first kappa shape index (κ1) is 17.6. The predicted octanol–water partition coefficient (Wildman–Crippen LogP) is 3.57. The molecule has 2 rings (SSSR count). The second-order valence-corrected chi connectivity index (χ2v) is 7.80. The Morgan fingerprint density at radius 2 is 1.65 bits per heavy atom. The van der Waals surface area contributed by atoms with Gasteiger partial charge in [-0.25, -0.2) is 0 Å². The van der Waals surface area contributed by atoms with Crippen molar-refractivity contribution in [2.75, 3.05) is 13.7 Å². The highest BCUT2D eigenvalue weighted by Crippen LogP contribution is 2.38. The summed E-state index contributed by atoms with van der Waals surface area (Å²) in [5.74, 6) is 0.594. The van der Waals surface area contributed by atoms with Gasteiger partial charge in [-0.05, 0) is 23.6 Å². The van der Waals surface area contributed by atoms with Gasteiger partial charge >= 0.3 is 0 Å². The number of carbonyl (C=O) groups is 2. The standard InChI is InChI=1S/C18H23NO3S/c1-11(2)10-19-17(20)15(16(18(19)21)23-12(3)4)13-6-8-14(22-5)9-7-13/h6-9,11-12H,10H2,1-5H3. The van der Waals surface area contributed by atoms with Crippen molar-refractivity contribution in [2.45, 2.75) is 32.9 Å². The van der Waals surface area contributed by atoms with Gasteiger partial charge in [-0.3, -0.25) is 14.5 Å². The predicted molar refractivity (Wildman–Crippen MR) is 94.2 cm³/mol. The van der Waals surface area contributed by atoms with Crippen LogP contribution in [0.4, 0.5) is 0 Å². The molecule has 0 unspecified atom stereocenters. The van der Waals surface area contributed by atoms with Gasteiger partial charge in [0, 0.05) is 11.8 Å². The summed E-state index contributed by atoms with van der Waals surface area (Å²) in [4.78, 5) is 27.4. The van der Waals surface area contributed by atoms with E-state index in [1.54, 1.807) is 7.11 Å². The molecule has 0 saturated carbocycles. The van der Waals surface area contributed by atoms with E-state index in [9.17, 15) is 9.59 Å². The molecule has 124 valence electrons. The maximum absolute atomic E-state index is 12.8. The van der Waals surface area contributed by atoms with Crippen LogP contribution in [0.2, 0.25) is 0 Å². The van der Waals surface area contributed by atoms with Crippen molar-refractivity contribution >= 4 is 29.1 Å². The van der Waals surface area contributed by atoms with E-state index in [1.807, 2.05) is 52.0 Å². The highest BCUT2D eigenvalue weighted by atomic mass is 32.2. The fourth-order valence-corrected chi connectivity index (χ4v) is 3.45. The number of thioether (sulfide) groups is 1. The lowest BCUT2D eigenvalue weighted by atomic mass is 10.1. The summed E-state index contributed by atoms with van der Waals surface area (Å²) in [6, 6.07) is 7.28. The lowest BCUT2D eigenvalue weighted by molar-refractivity contribution is -0.137. The first-order chi connectivity index (χ1) is 10.8. The molecule has 2 amide bonds. The lowest BCUT2D eigenvalue weighted by Crippen LogP contribution is -2.34. The molecule has 0 bridgehead atoms. The average molecular weight is 333 g/mol. The molecule has 0 atom stereocenters. The summed E-state index contributed by atoms with van der Waals surface area (Å²) in [6.07, 6.45) is 0. The lowest BCUT2D eigenvalue weighted by Gasteiger charge is -2.17. The molecule has 0 aliphatic carbocycles.